The number of ether oxygens (including phenoxy) is 1. The lowest BCUT2D eigenvalue weighted by Gasteiger charge is -2.04. The molecule has 2 aromatic carbocycles. The molecule has 0 aliphatic heterocycles. The first-order chi connectivity index (χ1) is 10.1. The first-order valence-corrected chi connectivity index (χ1v) is 6.09. The van der Waals surface area contributed by atoms with E-state index in [4.69, 9.17) is 9.84 Å². The highest BCUT2D eigenvalue weighted by atomic mass is 16.5. The topological polar surface area (TPSA) is 91.2 Å². The van der Waals surface area contributed by atoms with Crippen LogP contribution in [0.1, 0.15) is 15.9 Å². The van der Waals surface area contributed by atoms with E-state index in [0.29, 0.717) is 11.4 Å². The van der Waals surface area contributed by atoms with Crippen LogP contribution in [0.3, 0.4) is 0 Å². The van der Waals surface area contributed by atoms with Crippen molar-refractivity contribution < 1.29 is 19.7 Å². The average molecular weight is 286 g/mol. The molecule has 3 N–H and O–H groups in total. The van der Waals surface area contributed by atoms with Gasteiger partial charge in [0.2, 0.25) is 0 Å². The second kappa shape index (κ2) is 6.42. The minimum Gasteiger partial charge on any atom is -0.504 e. The van der Waals surface area contributed by atoms with Crippen molar-refractivity contribution >= 4 is 17.9 Å². The second-order valence-electron chi connectivity index (χ2n) is 4.18. The molecule has 0 amide bonds. The fraction of sp³-hybridized carbons (Fsp3) is 0.0667. The van der Waals surface area contributed by atoms with Gasteiger partial charge in [0, 0.05) is 0 Å². The summed E-state index contributed by atoms with van der Waals surface area (Å²) in [5.41, 5.74) is 4.42. The highest BCUT2D eigenvalue weighted by Gasteiger charge is 2.02. The smallest absolute Gasteiger partial charge is 0.335 e. The molecule has 0 bridgehead atoms. The summed E-state index contributed by atoms with van der Waals surface area (Å²) in [6.45, 7) is 0. The number of hydrogen-bond donors (Lipinski definition) is 3. The van der Waals surface area contributed by atoms with Crippen molar-refractivity contribution in [2.45, 2.75) is 0 Å². The molecule has 21 heavy (non-hydrogen) atoms. The molecule has 0 saturated carbocycles. The van der Waals surface area contributed by atoms with E-state index in [1.807, 2.05) is 0 Å². The number of rotatable bonds is 5. The van der Waals surface area contributed by atoms with Crippen LogP contribution in [0, 0.1) is 0 Å². The number of phenols is 1. The molecule has 108 valence electrons. The number of carbonyl (C=O) groups is 1. The lowest BCUT2D eigenvalue weighted by Crippen LogP contribution is -1.96. The monoisotopic (exact) mass is 286 g/mol. The first-order valence-electron chi connectivity index (χ1n) is 6.09. The summed E-state index contributed by atoms with van der Waals surface area (Å²) in [5, 5.41) is 22.3. The summed E-state index contributed by atoms with van der Waals surface area (Å²) in [5.74, 6) is -0.544. The highest BCUT2D eigenvalue weighted by molar-refractivity contribution is 5.88. The van der Waals surface area contributed by atoms with E-state index in [-0.39, 0.29) is 11.3 Å². The zero-order valence-electron chi connectivity index (χ0n) is 11.3. The molecule has 0 aromatic heterocycles. The molecule has 0 spiro atoms. The number of benzene rings is 2. The Morgan fingerprint density at radius 3 is 2.57 bits per heavy atom. The van der Waals surface area contributed by atoms with Crippen LogP contribution in [0.15, 0.2) is 47.6 Å². The van der Waals surface area contributed by atoms with Gasteiger partial charge in [0.1, 0.15) is 0 Å². The van der Waals surface area contributed by atoms with Crippen LogP contribution in [0.2, 0.25) is 0 Å². The quantitative estimate of drug-likeness (QED) is 0.580. The zero-order valence-corrected chi connectivity index (χ0v) is 11.3. The van der Waals surface area contributed by atoms with Crippen molar-refractivity contribution in [2.75, 3.05) is 12.5 Å². The molecular formula is C15H14N2O4. The summed E-state index contributed by atoms with van der Waals surface area (Å²) in [6.07, 6.45) is 1.56. The maximum atomic E-state index is 10.7. The fourth-order valence-electron chi connectivity index (χ4n) is 1.64. The summed E-state index contributed by atoms with van der Waals surface area (Å²) >= 11 is 0. The standard InChI is InChI=1S/C15H14N2O4/c1-21-14-8-10(2-7-13(14)18)9-16-17-12-5-3-11(4-6-12)15(19)20/h2-9,17-18H,1H3,(H,19,20)/b16-9+. The van der Waals surface area contributed by atoms with E-state index in [9.17, 15) is 9.90 Å². The van der Waals surface area contributed by atoms with Gasteiger partial charge < -0.3 is 14.9 Å². The maximum Gasteiger partial charge on any atom is 0.335 e. The van der Waals surface area contributed by atoms with E-state index in [1.54, 1.807) is 30.5 Å². The Balaban J connectivity index is 2.03. The number of carboxylic acids is 1. The number of hydrazone groups is 1. The Hall–Kier alpha value is -3.02. The van der Waals surface area contributed by atoms with Gasteiger partial charge in [-0.1, -0.05) is 0 Å². The second-order valence-corrected chi connectivity index (χ2v) is 4.18. The van der Waals surface area contributed by atoms with E-state index in [0.717, 1.165) is 5.56 Å². The molecule has 0 fully saturated rings. The van der Waals surface area contributed by atoms with Crippen LogP contribution in [-0.2, 0) is 0 Å². The molecular weight excluding hydrogens is 272 g/mol. The van der Waals surface area contributed by atoms with E-state index >= 15 is 0 Å². The van der Waals surface area contributed by atoms with Crippen molar-refractivity contribution in [3.8, 4) is 11.5 Å². The van der Waals surface area contributed by atoms with Crippen molar-refractivity contribution in [2.24, 2.45) is 5.10 Å². The molecule has 2 rings (SSSR count). The lowest BCUT2D eigenvalue weighted by molar-refractivity contribution is 0.0697. The normalized spacial score (nSPS) is 10.5. The number of nitrogens with one attached hydrogen (secondary N) is 1. The molecule has 0 aliphatic rings. The zero-order chi connectivity index (χ0) is 15.2. The van der Waals surface area contributed by atoms with Crippen LogP contribution < -0.4 is 10.2 Å². The number of methoxy groups -OCH3 is 1. The number of phenolic OH excluding ortho intramolecular Hbond substituents is 1. The molecule has 0 radical (unpaired) electrons. The third-order valence-corrected chi connectivity index (χ3v) is 2.74. The van der Waals surface area contributed by atoms with Gasteiger partial charge in [-0.15, -0.1) is 0 Å². The molecule has 6 heteroatoms. The van der Waals surface area contributed by atoms with Gasteiger partial charge in [0.05, 0.1) is 24.6 Å². The minimum absolute atomic E-state index is 0.0619. The Labute approximate surface area is 121 Å². The van der Waals surface area contributed by atoms with Gasteiger partial charge >= 0.3 is 5.97 Å². The lowest BCUT2D eigenvalue weighted by atomic mass is 10.2. The molecule has 0 aliphatic carbocycles. The highest BCUT2D eigenvalue weighted by Crippen LogP contribution is 2.25. The molecule has 0 atom stereocenters. The van der Waals surface area contributed by atoms with Gasteiger partial charge in [-0.05, 0) is 48.0 Å². The number of aromatic carboxylic acids is 1. The van der Waals surface area contributed by atoms with Gasteiger partial charge in [0.15, 0.2) is 11.5 Å². The summed E-state index contributed by atoms with van der Waals surface area (Å²) in [4.78, 5) is 10.7. The van der Waals surface area contributed by atoms with Gasteiger partial charge in [-0.25, -0.2) is 4.79 Å². The Morgan fingerprint density at radius 1 is 1.24 bits per heavy atom. The van der Waals surface area contributed by atoms with E-state index in [2.05, 4.69) is 10.5 Å². The predicted molar refractivity (Wildman–Crippen MR) is 79.3 cm³/mol. The number of aromatic hydroxyl groups is 1. The largest absolute Gasteiger partial charge is 0.504 e. The van der Waals surface area contributed by atoms with Crippen molar-refractivity contribution in [1.82, 2.24) is 0 Å². The number of hydrogen-bond acceptors (Lipinski definition) is 5. The van der Waals surface area contributed by atoms with E-state index in [1.165, 1.54) is 25.3 Å². The molecule has 6 nitrogen and oxygen atoms in total. The van der Waals surface area contributed by atoms with Crippen molar-refractivity contribution in [3.63, 3.8) is 0 Å². The Morgan fingerprint density at radius 2 is 1.95 bits per heavy atom. The first kappa shape index (κ1) is 14.4. The summed E-state index contributed by atoms with van der Waals surface area (Å²) < 4.78 is 5.00. The molecule has 0 unspecified atom stereocenters. The van der Waals surface area contributed by atoms with Crippen LogP contribution in [-0.4, -0.2) is 29.5 Å². The molecule has 0 saturated heterocycles. The van der Waals surface area contributed by atoms with Crippen LogP contribution in [0.25, 0.3) is 0 Å². The Kier molecular flexibility index (Phi) is 4.40. The predicted octanol–water partition coefficient (Wildman–Crippen LogP) is 2.55. The van der Waals surface area contributed by atoms with Crippen LogP contribution >= 0.6 is 0 Å². The number of anilines is 1. The van der Waals surface area contributed by atoms with Crippen LogP contribution in [0.4, 0.5) is 5.69 Å². The third-order valence-electron chi connectivity index (χ3n) is 2.74. The third kappa shape index (κ3) is 3.73. The van der Waals surface area contributed by atoms with Crippen LogP contribution in [0.5, 0.6) is 11.5 Å². The van der Waals surface area contributed by atoms with E-state index < -0.39 is 5.97 Å². The van der Waals surface area contributed by atoms with Gasteiger partial charge in [-0.3, -0.25) is 5.43 Å². The fourth-order valence-corrected chi connectivity index (χ4v) is 1.64. The summed E-state index contributed by atoms with van der Waals surface area (Å²) in [6, 6.07) is 11.1. The Bertz CT molecular complexity index is 666. The number of nitrogens with zero attached hydrogens (tertiary/aromatic N) is 1. The average Bonchev–Trinajstić information content (AvgIpc) is 2.49. The van der Waals surface area contributed by atoms with Gasteiger partial charge in [0.25, 0.3) is 0 Å². The van der Waals surface area contributed by atoms with Crippen molar-refractivity contribution in [1.29, 1.82) is 0 Å². The SMILES string of the molecule is COc1cc(/C=N/Nc2ccc(C(=O)O)cc2)ccc1O. The van der Waals surface area contributed by atoms with Gasteiger partial charge in [-0.2, -0.15) is 5.10 Å². The van der Waals surface area contributed by atoms with Crippen molar-refractivity contribution in [3.05, 3.63) is 53.6 Å². The molecule has 0 heterocycles. The number of carboxylic acid groups (broad SMARTS) is 1. The molecule has 2 aromatic rings. The maximum absolute atomic E-state index is 10.7. The minimum atomic E-state index is -0.971. The summed E-state index contributed by atoms with van der Waals surface area (Å²) in [7, 11) is 1.47.